The Balaban J connectivity index is 1.72. The number of amides is 2. The predicted molar refractivity (Wildman–Crippen MR) is 74.9 cm³/mol. The summed E-state index contributed by atoms with van der Waals surface area (Å²) in [5, 5.41) is 3.00. The third kappa shape index (κ3) is 2.77. The maximum absolute atomic E-state index is 14.0. The fourth-order valence-corrected chi connectivity index (χ4v) is 2.63. The molecule has 2 amide bonds. The Morgan fingerprint density at radius 2 is 2.05 bits per heavy atom. The van der Waals surface area contributed by atoms with Gasteiger partial charge >= 0.3 is 6.03 Å². The van der Waals surface area contributed by atoms with Crippen LogP contribution in [-0.2, 0) is 0 Å². The number of benzene rings is 1. The Kier molecular flexibility index (Phi) is 3.61. The van der Waals surface area contributed by atoms with E-state index in [-0.39, 0.29) is 17.9 Å². The second-order valence-corrected chi connectivity index (χ2v) is 5.69. The van der Waals surface area contributed by atoms with Crippen LogP contribution in [-0.4, -0.2) is 48.6 Å². The first kappa shape index (κ1) is 13.4. The predicted octanol–water partition coefficient (Wildman–Crippen LogP) is 1.99. The number of halogens is 1. The van der Waals surface area contributed by atoms with Crippen LogP contribution in [0.1, 0.15) is 24.4 Å². The molecule has 1 saturated heterocycles. The molecule has 1 heterocycles. The molecule has 2 fully saturated rings. The van der Waals surface area contributed by atoms with Crippen LogP contribution in [0.5, 0.6) is 0 Å². The third-order valence-corrected chi connectivity index (χ3v) is 4.10. The minimum atomic E-state index is -0.200. The number of carbonyl (C=O) groups excluding carboxylic acids is 1. The summed E-state index contributed by atoms with van der Waals surface area (Å²) in [6, 6.07) is 7.09. The van der Waals surface area contributed by atoms with Crippen LogP contribution >= 0.6 is 0 Å². The van der Waals surface area contributed by atoms with Crippen molar-refractivity contribution in [1.82, 2.24) is 15.1 Å². The van der Waals surface area contributed by atoms with Gasteiger partial charge in [0.05, 0.1) is 6.04 Å². The van der Waals surface area contributed by atoms with E-state index in [9.17, 15) is 9.18 Å². The quantitative estimate of drug-likeness (QED) is 0.897. The summed E-state index contributed by atoms with van der Waals surface area (Å²) < 4.78 is 14.0. The molecule has 1 aliphatic carbocycles. The highest BCUT2D eigenvalue weighted by atomic mass is 19.1. The minimum absolute atomic E-state index is 0.0121. The molecule has 20 heavy (non-hydrogen) atoms. The summed E-state index contributed by atoms with van der Waals surface area (Å²) in [6.45, 7) is 1.99. The molecule has 108 valence electrons. The molecule has 0 spiro atoms. The van der Waals surface area contributed by atoms with Crippen LogP contribution in [0.3, 0.4) is 0 Å². The van der Waals surface area contributed by atoms with Gasteiger partial charge in [-0.25, -0.2) is 9.18 Å². The average Bonchev–Trinajstić information content (AvgIpc) is 3.24. The molecule has 1 unspecified atom stereocenters. The highest BCUT2D eigenvalue weighted by molar-refractivity contribution is 5.75. The van der Waals surface area contributed by atoms with Crippen LogP contribution in [0, 0.1) is 5.82 Å². The molecule has 3 rings (SSSR count). The first-order chi connectivity index (χ1) is 9.65. The van der Waals surface area contributed by atoms with Crippen LogP contribution < -0.4 is 5.32 Å². The fraction of sp³-hybridized carbons (Fsp3) is 0.533. The number of piperazine rings is 1. The lowest BCUT2D eigenvalue weighted by atomic mass is 10.0. The summed E-state index contributed by atoms with van der Waals surface area (Å²) in [5.41, 5.74) is 0.666. The van der Waals surface area contributed by atoms with Crippen LogP contribution in [0.4, 0.5) is 9.18 Å². The Morgan fingerprint density at radius 3 is 2.75 bits per heavy atom. The number of likely N-dealkylation sites (N-methyl/N-ethyl adjacent to an activating group) is 1. The summed E-state index contributed by atoms with van der Waals surface area (Å²) in [5.74, 6) is -0.200. The maximum atomic E-state index is 14.0. The van der Waals surface area contributed by atoms with Crippen molar-refractivity contribution in [2.75, 3.05) is 26.7 Å². The second kappa shape index (κ2) is 5.40. The van der Waals surface area contributed by atoms with Crippen molar-refractivity contribution in [3.05, 3.63) is 35.6 Å². The van der Waals surface area contributed by atoms with Gasteiger partial charge < -0.3 is 10.2 Å². The summed E-state index contributed by atoms with van der Waals surface area (Å²) in [7, 11) is 1.98. The Morgan fingerprint density at radius 1 is 1.30 bits per heavy atom. The number of nitrogens with one attached hydrogen (secondary N) is 1. The molecule has 1 aliphatic heterocycles. The molecule has 0 bridgehead atoms. The molecule has 0 aromatic heterocycles. The van der Waals surface area contributed by atoms with Crippen molar-refractivity contribution in [2.24, 2.45) is 0 Å². The van der Waals surface area contributed by atoms with Gasteiger partial charge in [-0.05, 0) is 26.0 Å². The normalized spacial score (nSPS) is 23.7. The van der Waals surface area contributed by atoms with Crippen LogP contribution in [0.15, 0.2) is 24.3 Å². The van der Waals surface area contributed by atoms with Crippen molar-refractivity contribution < 1.29 is 9.18 Å². The van der Waals surface area contributed by atoms with Gasteiger partial charge in [0.25, 0.3) is 0 Å². The van der Waals surface area contributed by atoms with E-state index in [0.29, 0.717) is 24.7 Å². The summed E-state index contributed by atoms with van der Waals surface area (Å²) in [4.78, 5) is 16.0. The number of hydrogen-bond donors (Lipinski definition) is 1. The largest absolute Gasteiger partial charge is 0.335 e. The first-order valence-electron chi connectivity index (χ1n) is 7.15. The Bertz CT molecular complexity index is 504. The molecular formula is C15H20FN3O. The van der Waals surface area contributed by atoms with E-state index in [0.717, 1.165) is 19.4 Å². The molecule has 0 radical (unpaired) electrons. The summed E-state index contributed by atoms with van der Waals surface area (Å²) >= 11 is 0. The van der Waals surface area contributed by atoms with Crippen molar-refractivity contribution in [2.45, 2.75) is 24.9 Å². The monoisotopic (exact) mass is 277 g/mol. The maximum Gasteiger partial charge on any atom is 0.317 e. The van der Waals surface area contributed by atoms with Gasteiger partial charge in [-0.2, -0.15) is 0 Å². The smallest absolute Gasteiger partial charge is 0.317 e. The lowest BCUT2D eigenvalue weighted by molar-refractivity contribution is 0.108. The van der Waals surface area contributed by atoms with Crippen LogP contribution in [0.25, 0.3) is 0 Å². The molecular weight excluding hydrogens is 257 g/mol. The molecule has 5 heteroatoms. The van der Waals surface area contributed by atoms with E-state index in [1.54, 1.807) is 17.0 Å². The van der Waals surface area contributed by atoms with Crippen molar-refractivity contribution >= 4 is 6.03 Å². The Labute approximate surface area is 118 Å². The molecule has 1 saturated carbocycles. The van der Waals surface area contributed by atoms with Gasteiger partial charge in [0.15, 0.2) is 0 Å². The van der Waals surface area contributed by atoms with Crippen molar-refractivity contribution in [1.29, 1.82) is 0 Å². The molecule has 1 aromatic carbocycles. The SMILES string of the molecule is CN1CCN(C(=O)NC2CC2)CC1c1ccccc1F. The van der Waals surface area contributed by atoms with E-state index in [4.69, 9.17) is 0 Å². The lowest BCUT2D eigenvalue weighted by Crippen LogP contribution is -2.52. The van der Waals surface area contributed by atoms with E-state index in [2.05, 4.69) is 10.2 Å². The molecule has 2 aliphatic rings. The van der Waals surface area contributed by atoms with Gasteiger partial charge in [-0.1, -0.05) is 18.2 Å². The zero-order chi connectivity index (χ0) is 14.1. The molecule has 1 N–H and O–H groups in total. The molecule has 1 atom stereocenters. The zero-order valence-corrected chi connectivity index (χ0v) is 11.7. The molecule has 4 nitrogen and oxygen atoms in total. The number of hydrogen-bond acceptors (Lipinski definition) is 2. The summed E-state index contributed by atoms with van der Waals surface area (Å²) in [6.07, 6.45) is 2.16. The standard InChI is InChI=1S/C15H20FN3O/c1-18-8-9-19(15(20)17-11-6-7-11)10-14(18)12-4-2-3-5-13(12)16/h2-5,11,14H,6-10H2,1H3,(H,17,20). The van der Waals surface area contributed by atoms with Gasteiger partial charge in [0.1, 0.15) is 5.82 Å². The number of carbonyl (C=O) groups is 1. The minimum Gasteiger partial charge on any atom is -0.335 e. The van der Waals surface area contributed by atoms with Crippen molar-refractivity contribution in [3.63, 3.8) is 0 Å². The fourth-order valence-electron chi connectivity index (χ4n) is 2.63. The number of rotatable bonds is 2. The highest BCUT2D eigenvalue weighted by Crippen LogP contribution is 2.26. The van der Waals surface area contributed by atoms with E-state index in [1.807, 2.05) is 13.1 Å². The van der Waals surface area contributed by atoms with Crippen molar-refractivity contribution in [3.8, 4) is 0 Å². The van der Waals surface area contributed by atoms with Gasteiger partial charge in [-0.15, -0.1) is 0 Å². The highest BCUT2D eigenvalue weighted by Gasteiger charge is 2.32. The van der Waals surface area contributed by atoms with Gasteiger partial charge in [-0.3, -0.25) is 4.90 Å². The first-order valence-corrected chi connectivity index (χ1v) is 7.15. The number of nitrogens with zero attached hydrogens (tertiary/aromatic N) is 2. The average molecular weight is 277 g/mol. The zero-order valence-electron chi connectivity index (χ0n) is 11.7. The Hall–Kier alpha value is -1.62. The lowest BCUT2D eigenvalue weighted by Gasteiger charge is -2.39. The van der Waals surface area contributed by atoms with E-state index >= 15 is 0 Å². The third-order valence-electron chi connectivity index (χ3n) is 4.10. The topological polar surface area (TPSA) is 35.6 Å². The van der Waals surface area contributed by atoms with Gasteiger partial charge in [0, 0.05) is 31.2 Å². The second-order valence-electron chi connectivity index (χ2n) is 5.69. The van der Waals surface area contributed by atoms with E-state index < -0.39 is 0 Å². The van der Waals surface area contributed by atoms with Gasteiger partial charge in [0.2, 0.25) is 0 Å². The number of urea groups is 1. The molecule has 1 aromatic rings. The van der Waals surface area contributed by atoms with E-state index in [1.165, 1.54) is 6.07 Å². The van der Waals surface area contributed by atoms with Crippen LogP contribution in [0.2, 0.25) is 0 Å².